The van der Waals surface area contributed by atoms with Gasteiger partial charge in [-0.15, -0.1) is 0 Å². The highest BCUT2D eigenvalue weighted by Gasteiger charge is 2.21. The van der Waals surface area contributed by atoms with Gasteiger partial charge in [-0.3, -0.25) is 4.79 Å². The zero-order chi connectivity index (χ0) is 16.9. The van der Waals surface area contributed by atoms with Gasteiger partial charge in [-0.2, -0.15) is 0 Å². The van der Waals surface area contributed by atoms with Crippen LogP contribution in [0.1, 0.15) is 17.0 Å². The van der Waals surface area contributed by atoms with Gasteiger partial charge in [0.15, 0.2) is 0 Å². The van der Waals surface area contributed by atoms with Crippen LogP contribution in [0.5, 0.6) is 0 Å². The largest absolute Gasteiger partial charge is 0.375 e. The second-order valence-electron chi connectivity index (χ2n) is 5.60. The summed E-state index contributed by atoms with van der Waals surface area (Å²) < 4.78 is 4.88. The molecule has 1 heterocycles. The molecule has 1 aromatic heterocycles. The van der Waals surface area contributed by atoms with Crippen molar-refractivity contribution in [3.05, 3.63) is 70.9 Å². The number of carbonyl (C=O) groups is 1. The third kappa shape index (κ3) is 3.45. The Balaban J connectivity index is 1.99. The number of halogens is 1. The standard InChI is InChI=1S/C19H19ClN2O2/c1-24-12-19(23)22-11-15(13-6-2-4-8-17(13)20)16-10-21-18-9-5-3-7-14(16)18/h2-10,15,21H,11-12H2,1H3,(H,22,23). The average molecular weight is 343 g/mol. The fraction of sp³-hybridized carbons (Fsp3) is 0.211. The van der Waals surface area contributed by atoms with Gasteiger partial charge in [0.1, 0.15) is 6.61 Å². The number of carbonyl (C=O) groups excluding carboxylic acids is 1. The highest BCUT2D eigenvalue weighted by molar-refractivity contribution is 6.31. The maximum atomic E-state index is 11.8. The normalized spacial score (nSPS) is 12.2. The maximum absolute atomic E-state index is 11.8. The molecule has 24 heavy (non-hydrogen) atoms. The summed E-state index contributed by atoms with van der Waals surface area (Å²) in [6.07, 6.45) is 1.99. The summed E-state index contributed by atoms with van der Waals surface area (Å²) in [6, 6.07) is 15.8. The van der Waals surface area contributed by atoms with E-state index in [0.29, 0.717) is 11.6 Å². The molecule has 0 aliphatic heterocycles. The number of aromatic amines is 1. The minimum Gasteiger partial charge on any atom is -0.375 e. The first-order chi connectivity index (χ1) is 11.7. The van der Waals surface area contributed by atoms with Crippen LogP contribution in [-0.2, 0) is 9.53 Å². The molecule has 1 unspecified atom stereocenters. The number of rotatable bonds is 6. The Morgan fingerprint density at radius 1 is 1.17 bits per heavy atom. The number of hydrogen-bond donors (Lipinski definition) is 2. The topological polar surface area (TPSA) is 54.1 Å². The molecule has 0 spiro atoms. The number of benzene rings is 2. The monoisotopic (exact) mass is 342 g/mol. The van der Waals surface area contributed by atoms with Crippen LogP contribution in [0.25, 0.3) is 10.9 Å². The number of H-pyrrole nitrogens is 1. The fourth-order valence-electron chi connectivity index (χ4n) is 2.93. The van der Waals surface area contributed by atoms with Gasteiger partial charge in [0.05, 0.1) is 0 Å². The summed E-state index contributed by atoms with van der Waals surface area (Å²) in [5.74, 6) is -0.190. The van der Waals surface area contributed by atoms with E-state index in [1.54, 1.807) is 0 Å². The van der Waals surface area contributed by atoms with Gasteiger partial charge in [-0.1, -0.05) is 48.0 Å². The molecule has 0 radical (unpaired) electrons. The highest BCUT2D eigenvalue weighted by Crippen LogP contribution is 2.33. The lowest BCUT2D eigenvalue weighted by molar-refractivity contribution is -0.124. The molecule has 1 atom stereocenters. The number of fused-ring (bicyclic) bond motifs is 1. The van der Waals surface area contributed by atoms with Crippen LogP contribution in [0.4, 0.5) is 0 Å². The fourth-order valence-corrected chi connectivity index (χ4v) is 3.19. The van der Waals surface area contributed by atoms with Gasteiger partial charge in [0.2, 0.25) is 5.91 Å². The predicted octanol–water partition coefficient (Wildman–Crippen LogP) is 3.72. The van der Waals surface area contributed by atoms with Crippen molar-refractivity contribution in [3.8, 4) is 0 Å². The van der Waals surface area contributed by atoms with Gasteiger partial charge in [-0.25, -0.2) is 0 Å². The molecule has 3 aromatic rings. The molecule has 0 aliphatic carbocycles. The highest BCUT2D eigenvalue weighted by atomic mass is 35.5. The van der Waals surface area contributed by atoms with E-state index in [1.807, 2.05) is 48.7 Å². The Kier molecular flexibility index (Phi) is 5.18. The van der Waals surface area contributed by atoms with E-state index < -0.39 is 0 Å². The molecule has 4 nitrogen and oxygen atoms in total. The van der Waals surface area contributed by atoms with Crippen LogP contribution in [-0.4, -0.2) is 31.2 Å². The van der Waals surface area contributed by atoms with Gasteiger partial charge in [0, 0.05) is 41.7 Å². The van der Waals surface area contributed by atoms with Gasteiger partial charge in [-0.05, 0) is 23.3 Å². The molecule has 2 N–H and O–H groups in total. The lowest BCUT2D eigenvalue weighted by atomic mass is 9.91. The van der Waals surface area contributed by atoms with Crippen LogP contribution in [0.2, 0.25) is 5.02 Å². The van der Waals surface area contributed by atoms with Crippen molar-refractivity contribution in [2.45, 2.75) is 5.92 Å². The van der Waals surface area contributed by atoms with Crippen LogP contribution in [0.15, 0.2) is 54.7 Å². The van der Waals surface area contributed by atoms with E-state index in [9.17, 15) is 4.79 Å². The third-order valence-corrected chi connectivity index (χ3v) is 4.40. The van der Waals surface area contributed by atoms with Gasteiger partial charge in [0.25, 0.3) is 0 Å². The van der Waals surface area contributed by atoms with Crippen molar-refractivity contribution < 1.29 is 9.53 Å². The number of aromatic nitrogens is 1. The van der Waals surface area contributed by atoms with Crippen LogP contribution in [0.3, 0.4) is 0 Å². The Morgan fingerprint density at radius 2 is 1.92 bits per heavy atom. The Labute approximate surface area is 145 Å². The molecule has 0 saturated heterocycles. The van der Waals surface area contributed by atoms with Crippen molar-refractivity contribution in [1.29, 1.82) is 0 Å². The molecule has 5 heteroatoms. The average Bonchev–Trinajstić information content (AvgIpc) is 3.01. The molecule has 0 fully saturated rings. The van der Waals surface area contributed by atoms with E-state index in [0.717, 1.165) is 22.0 Å². The molecule has 124 valence electrons. The van der Waals surface area contributed by atoms with Crippen LogP contribution in [0, 0.1) is 0 Å². The smallest absolute Gasteiger partial charge is 0.246 e. The van der Waals surface area contributed by atoms with Gasteiger partial charge >= 0.3 is 0 Å². The zero-order valence-electron chi connectivity index (χ0n) is 13.4. The molecule has 3 rings (SSSR count). The molecule has 0 bridgehead atoms. The first-order valence-electron chi connectivity index (χ1n) is 7.76. The summed E-state index contributed by atoms with van der Waals surface area (Å²) in [6.45, 7) is 0.497. The molecule has 0 aliphatic rings. The van der Waals surface area contributed by atoms with Crippen LogP contribution >= 0.6 is 11.6 Å². The third-order valence-electron chi connectivity index (χ3n) is 4.06. The number of hydrogen-bond acceptors (Lipinski definition) is 2. The summed E-state index contributed by atoms with van der Waals surface area (Å²) in [5, 5.41) is 4.74. The molecule has 2 aromatic carbocycles. The molecular weight excluding hydrogens is 324 g/mol. The zero-order valence-corrected chi connectivity index (χ0v) is 14.1. The van der Waals surface area contributed by atoms with Crippen molar-refractivity contribution in [2.24, 2.45) is 0 Å². The first-order valence-corrected chi connectivity index (χ1v) is 8.14. The second-order valence-corrected chi connectivity index (χ2v) is 6.01. The summed E-state index contributed by atoms with van der Waals surface area (Å²) in [7, 11) is 1.50. The van der Waals surface area contributed by atoms with Crippen molar-refractivity contribution >= 4 is 28.4 Å². The van der Waals surface area contributed by atoms with Crippen molar-refractivity contribution in [3.63, 3.8) is 0 Å². The van der Waals surface area contributed by atoms with Crippen molar-refractivity contribution in [1.82, 2.24) is 10.3 Å². The summed E-state index contributed by atoms with van der Waals surface area (Å²) in [5.41, 5.74) is 3.16. The SMILES string of the molecule is COCC(=O)NCC(c1ccccc1Cl)c1c[nH]c2ccccc12. The van der Waals surface area contributed by atoms with E-state index in [4.69, 9.17) is 16.3 Å². The quantitative estimate of drug-likeness (QED) is 0.717. The number of ether oxygens (including phenoxy) is 1. The Bertz CT molecular complexity index is 844. The van der Waals surface area contributed by atoms with Gasteiger partial charge < -0.3 is 15.0 Å². The maximum Gasteiger partial charge on any atom is 0.246 e. The van der Waals surface area contributed by atoms with E-state index in [-0.39, 0.29) is 18.4 Å². The molecule has 0 saturated carbocycles. The number of nitrogens with one attached hydrogen (secondary N) is 2. The second kappa shape index (κ2) is 7.51. The van der Waals surface area contributed by atoms with E-state index >= 15 is 0 Å². The van der Waals surface area contributed by atoms with E-state index in [2.05, 4.69) is 16.4 Å². The van der Waals surface area contributed by atoms with Crippen molar-refractivity contribution in [2.75, 3.05) is 20.3 Å². The summed E-state index contributed by atoms with van der Waals surface area (Å²) >= 11 is 6.42. The number of para-hydroxylation sites is 1. The number of methoxy groups -OCH3 is 1. The Hall–Kier alpha value is -2.30. The number of amides is 1. The minimum atomic E-state index is -0.144. The summed E-state index contributed by atoms with van der Waals surface area (Å²) in [4.78, 5) is 15.1. The minimum absolute atomic E-state index is 0.0448. The lowest BCUT2D eigenvalue weighted by Gasteiger charge is -2.19. The van der Waals surface area contributed by atoms with Crippen LogP contribution < -0.4 is 5.32 Å². The predicted molar refractivity (Wildman–Crippen MR) is 96.5 cm³/mol. The molecule has 1 amide bonds. The lowest BCUT2D eigenvalue weighted by Crippen LogP contribution is -2.31. The molecular formula is C19H19ClN2O2. The first kappa shape index (κ1) is 16.6. The Morgan fingerprint density at radius 3 is 2.71 bits per heavy atom. The van der Waals surface area contributed by atoms with E-state index in [1.165, 1.54) is 7.11 Å².